The van der Waals surface area contributed by atoms with Crippen LogP contribution in [0.4, 0.5) is 0 Å². The monoisotopic (exact) mass is 339 g/mol. The van der Waals surface area contributed by atoms with Crippen LogP contribution in [0.3, 0.4) is 0 Å². The van der Waals surface area contributed by atoms with E-state index in [0.717, 1.165) is 0 Å². The first kappa shape index (κ1) is 18.4. The first-order valence-electron chi connectivity index (χ1n) is 8.23. The SMILES string of the molecule is CCCC(OC(=O)CNC(=O)c1ccccc1)C(=O)c1ccccc1. The van der Waals surface area contributed by atoms with Crippen molar-refractivity contribution in [2.45, 2.75) is 25.9 Å². The van der Waals surface area contributed by atoms with Crippen LogP contribution in [0.5, 0.6) is 0 Å². The zero-order valence-electron chi connectivity index (χ0n) is 14.1. The van der Waals surface area contributed by atoms with E-state index in [0.29, 0.717) is 24.0 Å². The number of hydrogen-bond acceptors (Lipinski definition) is 4. The van der Waals surface area contributed by atoms with Crippen molar-refractivity contribution >= 4 is 17.7 Å². The standard InChI is InChI=1S/C20H21NO4/c1-2-9-17(19(23)15-10-5-3-6-11-15)25-18(22)14-21-20(24)16-12-7-4-8-13-16/h3-8,10-13,17H,2,9,14H2,1H3,(H,21,24). The van der Waals surface area contributed by atoms with E-state index in [1.54, 1.807) is 54.6 Å². The molecule has 0 saturated heterocycles. The Balaban J connectivity index is 1.91. The van der Waals surface area contributed by atoms with Crippen LogP contribution in [0.1, 0.15) is 40.5 Å². The first-order valence-corrected chi connectivity index (χ1v) is 8.23. The van der Waals surface area contributed by atoms with Crippen molar-refractivity contribution in [3.63, 3.8) is 0 Å². The van der Waals surface area contributed by atoms with Gasteiger partial charge in [0.1, 0.15) is 6.54 Å². The van der Waals surface area contributed by atoms with Gasteiger partial charge >= 0.3 is 5.97 Å². The highest BCUT2D eigenvalue weighted by Gasteiger charge is 2.23. The Morgan fingerprint density at radius 2 is 1.48 bits per heavy atom. The fourth-order valence-corrected chi connectivity index (χ4v) is 2.34. The number of Topliss-reactive ketones (excluding diaryl/α,β-unsaturated/α-hetero) is 1. The lowest BCUT2D eigenvalue weighted by molar-refractivity contribution is -0.146. The van der Waals surface area contributed by atoms with Crippen molar-refractivity contribution in [3.8, 4) is 0 Å². The lowest BCUT2D eigenvalue weighted by atomic mass is 10.0. The van der Waals surface area contributed by atoms with Gasteiger partial charge in [0, 0.05) is 11.1 Å². The van der Waals surface area contributed by atoms with Crippen molar-refractivity contribution in [3.05, 3.63) is 71.8 Å². The average Bonchev–Trinajstić information content (AvgIpc) is 2.66. The van der Waals surface area contributed by atoms with Gasteiger partial charge in [0.25, 0.3) is 5.91 Å². The zero-order chi connectivity index (χ0) is 18.1. The van der Waals surface area contributed by atoms with Gasteiger partial charge in [0.05, 0.1) is 0 Å². The number of amides is 1. The van der Waals surface area contributed by atoms with E-state index in [2.05, 4.69) is 5.32 Å². The Morgan fingerprint density at radius 3 is 2.04 bits per heavy atom. The maximum Gasteiger partial charge on any atom is 0.326 e. The number of esters is 1. The second-order valence-electron chi connectivity index (χ2n) is 5.55. The largest absolute Gasteiger partial charge is 0.453 e. The topological polar surface area (TPSA) is 72.5 Å². The summed E-state index contributed by atoms with van der Waals surface area (Å²) in [5.41, 5.74) is 0.961. The number of carbonyl (C=O) groups excluding carboxylic acids is 3. The van der Waals surface area contributed by atoms with Crippen molar-refractivity contribution in [2.75, 3.05) is 6.54 Å². The van der Waals surface area contributed by atoms with Gasteiger partial charge in [-0.15, -0.1) is 0 Å². The minimum absolute atomic E-state index is 0.231. The number of rotatable bonds is 8. The van der Waals surface area contributed by atoms with Crippen molar-refractivity contribution in [1.29, 1.82) is 0 Å². The molecule has 0 aliphatic rings. The molecule has 0 radical (unpaired) electrons. The van der Waals surface area contributed by atoms with Gasteiger partial charge in [-0.25, -0.2) is 0 Å². The Kier molecular flexibility index (Phi) is 6.89. The summed E-state index contributed by atoms with van der Waals surface area (Å²) in [6.45, 7) is 1.63. The predicted octanol–water partition coefficient (Wildman–Crippen LogP) is 3.01. The highest BCUT2D eigenvalue weighted by molar-refractivity contribution is 6.00. The molecule has 130 valence electrons. The van der Waals surface area contributed by atoms with Crippen molar-refractivity contribution < 1.29 is 19.1 Å². The van der Waals surface area contributed by atoms with Crippen LogP contribution in [-0.2, 0) is 9.53 Å². The fourth-order valence-electron chi connectivity index (χ4n) is 2.34. The molecular formula is C20H21NO4. The summed E-state index contributed by atoms with van der Waals surface area (Å²) in [6.07, 6.45) is 0.299. The summed E-state index contributed by atoms with van der Waals surface area (Å²) in [4.78, 5) is 36.4. The van der Waals surface area contributed by atoms with E-state index in [1.165, 1.54) is 0 Å². The van der Waals surface area contributed by atoms with Crippen molar-refractivity contribution in [1.82, 2.24) is 5.32 Å². The van der Waals surface area contributed by atoms with Crippen LogP contribution < -0.4 is 5.32 Å². The minimum Gasteiger partial charge on any atom is -0.453 e. The van der Waals surface area contributed by atoms with Gasteiger partial charge in [0.15, 0.2) is 6.10 Å². The third-order valence-corrected chi connectivity index (χ3v) is 3.60. The molecule has 2 aromatic carbocycles. The molecule has 2 aromatic rings. The molecule has 1 amide bonds. The van der Waals surface area contributed by atoms with Crippen LogP contribution in [-0.4, -0.2) is 30.3 Å². The third kappa shape index (κ3) is 5.57. The Bertz CT molecular complexity index is 713. The molecule has 2 rings (SSSR count). The molecule has 5 nitrogen and oxygen atoms in total. The number of carbonyl (C=O) groups is 3. The molecule has 0 bridgehead atoms. The molecule has 0 heterocycles. The molecule has 0 spiro atoms. The first-order chi connectivity index (χ1) is 12.1. The number of hydrogen-bond donors (Lipinski definition) is 1. The lowest BCUT2D eigenvalue weighted by Crippen LogP contribution is -2.35. The molecule has 0 fully saturated rings. The van der Waals surface area contributed by atoms with Gasteiger partial charge in [-0.05, 0) is 18.6 Å². The number of ether oxygens (including phenoxy) is 1. The Morgan fingerprint density at radius 1 is 0.920 bits per heavy atom. The number of benzene rings is 2. The van der Waals surface area contributed by atoms with Gasteiger partial charge < -0.3 is 10.1 Å². The molecule has 0 aliphatic heterocycles. The van der Waals surface area contributed by atoms with Crippen LogP contribution in [0.25, 0.3) is 0 Å². The highest BCUT2D eigenvalue weighted by atomic mass is 16.5. The third-order valence-electron chi connectivity index (χ3n) is 3.60. The van der Waals surface area contributed by atoms with E-state index in [4.69, 9.17) is 4.74 Å². The second-order valence-corrected chi connectivity index (χ2v) is 5.55. The Hall–Kier alpha value is -2.95. The molecule has 5 heteroatoms. The zero-order valence-corrected chi connectivity index (χ0v) is 14.1. The molecule has 0 aromatic heterocycles. The summed E-state index contributed by atoms with van der Waals surface area (Å²) >= 11 is 0. The molecule has 0 aliphatic carbocycles. The normalized spacial score (nSPS) is 11.4. The second kappa shape index (κ2) is 9.37. The highest BCUT2D eigenvalue weighted by Crippen LogP contribution is 2.11. The summed E-state index contributed by atoms with van der Waals surface area (Å²) in [7, 11) is 0. The van der Waals surface area contributed by atoms with Crippen molar-refractivity contribution in [2.24, 2.45) is 0 Å². The number of nitrogens with one attached hydrogen (secondary N) is 1. The van der Waals surface area contributed by atoms with E-state index >= 15 is 0 Å². The van der Waals surface area contributed by atoms with Gasteiger partial charge in [-0.1, -0.05) is 61.9 Å². The average molecular weight is 339 g/mol. The Labute approximate surface area is 147 Å². The van der Waals surface area contributed by atoms with Gasteiger partial charge in [0.2, 0.25) is 5.78 Å². The van der Waals surface area contributed by atoms with E-state index in [9.17, 15) is 14.4 Å². The van der Waals surface area contributed by atoms with Crippen LogP contribution in [0, 0.1) is 0 Å². The van der Waals surface area contributed by atoms with Crippen LogP contribution in [0.2, 0.25) is 0 Å². The fraction of sp³-hybridized carbons (Fsp3) is 0.250. The van der Waals surface area contributed by atoms with E-state index in [-0.39, 0.29) is 18.2 Å². The van der Waals surface area contributed by atoms with Crippen LogP contribution >= 0.6 is 0 Å². The van der Waals surface area contributed by atoms with E-state index < -0.39 is 12.1 Å². The molecular weight excluding hydrogens is 318 g/mol. The van der Waals surface area contributed by atoms with Gasteiger partial charge in [-0.2, -0.15) is 0 Å². The lowest BCUT2D eigenvalue weighted by Gasteiger charge is -2.16. The summed E-state index contributed by atoms with van der Waals surface area (Å²) in [5, 5.41) is 2.50. The molecule has 1 N–H and O–H groups in total. The maximum atomic E-state index is 12.5. The quantitative estimate of drug-likeness (QED) is 0.593. The molecule has 1 atom stereocenters. The summed E-state index contributed by atoms with van der Waals surface area (Å²) in [6, 6.07) is 17.3. The molecule has 25 heavy (non-hydrogen) atoms. The minimum atomic E-state index is -0.839. The van der Waals surface area contributed by atoms with E-state index in [1.807, 2.05) is 13.0 Å². The summed E-state index contributed by atoms with van der Waals surface area (Å²) in [5.74, 6) is -1.23. The van der Waals surface area contributed by atoms with Crippen LogP contribution in [0.15, 0.2) is 60.7 Å². The molecule has 0 saturated carbocycles. The summed E-state index contributed by atoms with van der Waals surface area (Å²) < 4.78 is 5.29. The predicted molar refractivity (Wildman–Crippen MR) is 94.3 cm³/mol. The van der Waals surface area contributed by atoms with Gasteiger partial charge in [-0.3, -0.25) is 14.4 Å². The smallest absolute Gasteiger partial charge is 0.326 e. The maximum absolute atomic E-state index is 12.5. The number of ketones is 1. The molecule has 1 unspecified atom stereocenters.